The lowest BCUT2D eigenvalue weighted by Crippen LogP contribution is -2.47. The van der Waals surface area contributed by atoms with E-state index in [0.717, 1.165) is 38.9 Å². The van der Waals surface area contributed by atoms with E-state index in [9.17, 15) is 9.59 Å². The number of amides is 2. The van der Waals surface area contributed by atoms with Gasteiger partial charge < -0.3 is 10.6 Å². The fraction of sp³-hybridized carbons (Fsp3) is 0.545. The van der Waals surface area contributed by atoms with Crippen molar-refractivity contribution in [3.63, 3.8) is 0 Å². The Morgan fingerprint density at radius 3 is 2.67 bits per heavy atom. The van der Waals surface area contributed by atoms with E-state index in [0.29, 0.717) is 12.5 Å². The summed E-state index contributed by atoms with van der Waals surface area (Å²) < 4.78 is 1.57. The van der Waals surface area contributed by atoms with Crippen LogP contribution in [0.5, 0.6) is 0 Å². The number of rotatable bonds is 6. The molecule has 1 aromatic carbocycles. The molecule has 1 saturated heterocycles. The predicted molar refractivity (Wildman–Crippen MR) is 113 cm³/mol. The number of benzene rings is 1. The highest BCUT2D eigenvalue weighted by Crippen LogP contribution is 2.18. The van der Waals surface area contributed by atoms with Crippen LogP contribution in [-0.4, -0.2) is 56.9 Å². The van der Waals surface area contributed by atoms with Crippen LogP contribution < -0.4 is 10.6 Å². The number of fused-ring (bicyclic) bond motifs is 1. The lowest BCUT2D eigenvalue weighted by Gasteiger charge is -2.32. The van der Waals surface area contributed by atoms with Crippen molar-refractivity contribution in [1.29, 1.82) is 0 Å². The first-order valence-corrected chi connectivity index (χ1v) is 10.8. The number of carbonyl (C=O) groups excluding carboxylic acids is 2. The second-order valence-electron chi connectivity index (χ2n) is 8.78. The molecule has 8 nitrogen and oxygen atoms in total. The van der Waals surface area contributed by atoms with E-state index in [2.05, 4.69) is 64.0 Å². The Bertz CT molecular complexity index is 886. The van der Waals surface area contributed by atoms with E-state index in [1.54, 1.807) is 4.68 Å². The average molecular weight is 411 g/mol. The van der Waals surface area contributed by atoms with Crippen molar-refractivity contribution in [2.45, 2.75) is 58.3 Å². The molecule has 2 N–H and O–H groups in total. The number of piperidine rings is 1. The van der Waals surface area contributed by atoms with Gasteiger partial charge in [0.25, 0.3) is 11.8 Å². The maximum absolute atomic E-state index is 12.8. The fourth-order valence-electron chi connectivity index (χ4n) is 4.36. The summed E-state index contributed by atoms with van der Waals surface area (Å²) in [6.45, 7) is 7.57. The molecular formula is C22H30N6O2. The first kappa shape index (κ1) is 20.5. The molecule has 1 aromatic heterocycles. The molecule has 1 fully saturated rings. The predicted octanol–water partition coefficient (Wildman–Crippen LogP) is 1.83. The third-order valence-corrected chi connectivity index (χ3v) is 5.82. The number of hydrogen-bond acceptors (Lipinski definition) is 5. The SMILES string of the molecule is CC(C)C[C@H]1Cn2nnc(C(=O)NC3CCN(Cc4ccccc4)CC3)c2C(=O)N1. The standard InChI is InChI=1S/C22H30N6O2/c1-15(2)12-18-14-28-20(22(30)24-18)19(25-26-28)21(29)23-17-8-10-27(11-9-17)13-16-6-4-3-5-7-16/h3-7,15,17-18H,8-14H2,1-2H3,(H,23,29)(H,24,30)/t18-/m0/s1. The van der Waals surface area contributed by atoms with E-state index in [4.69, 9.17) is 0 Å². The van der Waals surface area contributed by atoms with Crippen LogP contribution in [-0.2, 0) is 13.1 Å². The van der Waals surface area contributed by atoms with Gasteiger partial charge in [-0.2, -0.15) is 0 Å². The van der Waals surface area contributed by atoms with E-state index in [1.165, 1.54) is 5.56 Å². The van der Waals surface area contributed by atoms with Gasteiger partial charge in [-0.05, 0) is 30.7 Å². The minimum atomic E-state index is -0.310. The van der Waals surface area contributed by atoms with Gasteiger partial charge >= 0.3 is 0 Å². The zero-order valence-electron chi connectivity index (χ0n) is 17.7. The number of hydrogen-bond donors (Lipinski definition) is 2. The third-order valence-electron chi connectivity index (χ3n) is 5.82. The van der Waals surface area contributed by atoms with Crippen molar-refractivity contribution in [2.24, 2.45) is 5.92 Å². The molecule has 2 aromatic rings. The summed E-state index contributed by atoms with van der Waals surface area (Å²) in [6, 6.07) is 10.5. The molecule has 1 atom stereocenters. The smallest absolute Gasteiger partial charge is 0.274 e. The molecule has 8 heteroatoms. The number of nitrogens with zero attached hydrogens (tertiary/aromatic N) is 4. The summed E-state index contributed by atoms with van der Waals surface area (Å²) in [5.41, 5.74) is 1.70. The molecule has 30 heavy (non-hydrogen) atoms. The van der Waals surface area contributed by atoms with Gasteiger partial charge in [-0.1, -0.05) is 49.4 Å². The van der Waals surface area contributed by atoms with Crippen molar-refractivity contribution in [3.05, 3.63) is 47.3 Å². The average Bonchev–Trinajstić information content (AvgIpc) is 3.14. The Kier molecular flexibility index (Phi) is 6.13. The summed E-state index contributed by atoms with van der Waals surface area (Å²) in [6.07, 6.45) is 2.63. The molecule has 2 aliphatic rings. The van der Waals surface area contributed by atoms with Crippen molar-refractivity contribution >= 4 is 11.8 Å². The highest BCUT2D eigenvalue weighted by atomic mass is 16.2. The van der Waals surface area contributed by atoms with Crippen molar-refractivity contribution in [2.75, 3.05) is 13.1 Å². The van der Waals surface area contributed by atoms with Crippen LogP contribution in [0.15, 0.2) is 30.3 Å². The summed E-state index contributed by atoms with van der Waals surface area (Å²) in [5.74, 6) is -0.106. The largest absolute Gasteiger partial charge is 0.348 e. The van der Waals surface area contributed by atoms with Gasteiger partial charge in [0.15, 0.2) is 11.4 Å². The van der Waals surface area contributed by atoms with Crippen LogP contribution in [0.2, 0.25) is 0 Å². The Labute approximate surface area is 177 Å². The Morgan fingerprint density at radius 1 is 1.23 bits per heavy atom. The minimum absolute atomic E-state index is 0.0246. The first-order chi connectivity index (χ1) is 14.5. The lowest BCUT2D eigenvalue weighted by atomic mass is 10.0. The molecule has 2 amide bonds. The van der Waals surface area contributed by atoms with E-state index in [1.807, 2.05) is 6.07 Å². The van der Waals surface area contributed by atoms with Gasteiger partial charge in [0.1, 0.15) is 0 Å². The summed E-state index contributed by atoms with van der Waals surface area (Å²) >= 11 is 0. The number of likely N-dealkylation sites (tertiary alicyclic amines) is 1. The highest BCUT2D eigenvalue weighted by Gasteiger charge is 2.33. The minimum Gasteiger partial charge on any atom is -0.348 e. The molecule has 0 aliphatic carbocycles. The second kappa shape index (κ2) is 8.95. The second-order valence-corrected chi connectivity index (χ2v) is 8.78. The van der Waals surface area contributed by atoms with E-state index in [-0.39, 0.29) is 35.3 Å². The topological polar surface area (TPSA) is 92.2 Å². The summed E-state index contributed by atoms with van der Waals surface area (Å²) in [7, 11) is 0. The zero-order valence-corrected chi connectivity index (χ0v) is 17.7. The van der Waals surface area contributed by atoms with Crippen molar-refractivity contribution in [1.82, 2.24) is 30.5 Å². The van der Waals surface area contributed by atoms with Crippen molar-refractivity contribution < 1.29 is 9.59 Å². The molecule has 4 rings (SSSR count). The van der Waals surface area contributed by atoms with Crippen LogP contribution in [0.25, 0.3) is 0 Å². The quantitative estimate of drug-likeness (QED) is 0.758. The summed E-state index contributed by atoms with van der Waals surface area (Å²) in [5, 5.41) is 14.2. The van der Waals surface area contributed by atoms with Gasteiger partial charge in [0.05, 0.1) is 6.54 Å². The maximum atomic E-state index is 12.8. The summed E-state index contributed by atoms with van der Waals surface area (Å²) in [4.78, 5) is 27.8. The molecule has 0 spiro atoms. The Balaban J connectivity index is 1.32. The third kappa shape index (κ3) is 4.70. The maximum Gasteiger partial charge on any atom is 0.274 e. The molecule has 0 radical (unpaired) electrons. The van der Waals surface area contributed by atoms with Gasteiger partial charge in [-0.15, -0.1) is 5.10 Å². The van der Waals surface area contributed by atoms with E-state index < -0.39 is 0 Å². The lowest BCUT2D eigenvalue weighted by molar-refractivity contribution is 0.0857. The van der Waals surface area contributed by atoms with Crippen LogP contribution in [0.4, 0.5) is 0 Å². The Morgan fingerprint density at radius 2 is 1.97 bits per heavy atom. The van der Waals surface area contributed by atoms with Gasteiger partial charge in [0, 0.05) is 31.7 Å². The number of carbonyl (C=O) groups is 2. The van der Waals surface area contributed by atoms with E-state index >= 15 is 0 Å². The fourth-order valence-corrected chi connectivity index (χ4v) is 4.36. The zero-order chi connectivity index (χ0) is 21.1. The number of nitrogens with one attached hydrogen (secondary N) is 2. The molecule has 160 valence electrons. The molecular weight excluding hydrogens is 380 g/mol. The van der Waals surface area contributed by atoms with Gasteiger partial charge in [-0.25, -0.2) is 4.68 Å². The molecule has 0 saturated carbocycles. The van der Waals surface area contributed by atoms with Crippen LogP contribution in [0.1, 0.15) is 59.7 Å². The first-order valence-electron chi connectivity index (χ1n) is 10.8. The number of aromatic nitrogens is 3. The highest BCUT2D eigenvalue weighted by molar-refractivity contribution is 6.05. The van der Waals surface area contributed by atoms with Crippen molar-refractivity contribution in [3.8, 4) is 0 Å². The van der Waals surface area contributed by atoms with Gasteiger partial charge in [-0.3, -0.25) is 14.5 Å². The Hall–Kier alpha value is -2.74. The molecule has 3 heterocycles. The molecule has 0 bridgehead atoms. The molecule has 2 aliphatic heterocycles. The normalized spacial score (nSPS) is 20.1. The molecule has 0 unspecified atom stereocenters. The van der Waals surface area contributed by atoms with Crippen LogP contribution in [0.3, 0.4) is 0 Å². The van der Waals surface area contributed by atoms with Crippen LogP contribution in [0, 0.1) is 5.92 Å². The van der Waals surface area contributed by atoms with Gasteiger partial charge in [0.2, 0.25) is 0 Å². The monoisotopic (exact) mass is 410 g/mol. The van der Waals surface area contributed by atoms with Crippen LogP contribution >= 0.6 is 0 Å².